The molecule has 19 heavy (non-hydrogen) atoms. The molecule has 1 heterocycles. The summed E-state index contributed by atoms with van der Waals surface area (Å²) in [6.45, 7) is 2.11. The molecule has 0 radical (unpaired) electrons. The summed E-state index contributed by atoms with van der Waals surface area (Å²) in [4.78, 5) is 0. The summed E-state index contributed by atoms with van der Waals surface area (Å²) in [6.07, 6.45) is 2.84. The van der Waals surface area contributed by atoms with Gasteiger partial charge in [-0.25, -0.2) is 0 Å². The lowest BCUT2D eigenvalue weighted by Crippen LogP contribution is -2.33. The van der Waals surface area contributed by atoms with Gasteiger partial charge in [0.05, 0.1) is 5.69 Å². The average molecular weight is 387 g/mol. The zero-order valence-corrected chi connectivity index (χ0v) is 14.3. The van der Waals surface area contributed by atoms with Gasteiger partial charge in [-0.05, 0) is 12.5 Å². The zero-order valence-electron chi connectivity index (χ0n) is 11.1. The van der Waals surface area contributed by atoms with Crippen LogP contribution in [0.3, 0.4) is 0 Å². The molecule has 1 aromatic heterocycles. The van der Waals surface area contributed by atoms with E-state index >= 15 is 0 Å². The third-order valence-electron chi connectivity index (χ3n) is 3.35. The second-order valence-corrected chi connectivity index (χ2v) is 6.10. The van der Waals surface area contributed by atoms with Crippen LogP contribution in [0, 0.1) is 6.92 Å². The van der Waals surface area contributed by atoms with Crippen molar-refractivity contribution in [1.29, 1.82) is 0 Å². The topological polar surface area (TPSA) is 30.7 Å². The molecule has 0 N–H and O–H groups in total. The van der Waals surface area contributed by atoms with Gasteiger partial charge in [-0.3, -0.25) is 4.68 Å². The number of rotatable bonds is 5. The molecule has 3 nitrogen and oxygen atoms in total. The molecule has 0 bridgehead atoms. The summed E-state index contributed by atoms with van der Waals surface area (Å²) in [5.41, 5.74) is 3.62. The number of nitrogens with zero attached hydrogens (tertiary/aromatic N) is 3. The van der Waals surface area contributed by atoms with Crippen molar-refractivity contribution in [2.75, 3.05) is 10.7 Å². The molecule has 0 unspecified atom stereocenters. The normalized spacial score (nSPS) is 11.8. The molecule has 1 aromatic carbocycles. The Labute approximate surface area is 130 Å². The predicted molar refractivity (Wildman–Crippen MR) is 85.2 cm³/mol. The fourth-order valence-electron chi connectivity index (χ4n) is 2.12. The first-order valence-electron chi connectivity index (χ1n) is 6.14. The molecule has 0 aliphatic carbocycles. The molecular weight excluding hydrogens is 370 g/mol. The van der Waals surface area contributed by atoms with Crippen LogP contribution in [0.4, 0.5) is 0 Å². The maximum atomic E-state index is 4.21. The fourth-order valence-corrected chi connectivity index (χ4v) is 4.09. The molecule has 2 aromatic rings. The summed E-state index contributed by atoms with van der Waals surface area (Å²) in [6, 6.07) is 8.72. The van der Waals surface area contributed by atoms with Crippen LogP contribution in [0.1, 0.15) is 16.8 Å². The highest BCUT2D eigenvalue weighted by molar-refractivity contribution is 9.09. The summed E-state index contributed by atoms with van der Waals surface area (Å²) >= 11 is 7.34. The van der Waals surface area contributed by atoms with Gasteiger partial charge in [0.1, 0.15) is 0 Å². The molecule has 0 spiro atoms. The van der Waals surface area contributed by atoms with E-state index in [9.17, 15) is 0 Å². The van der Waals surface area contributed by atoms with Crippen molar-refractivity contribution in [1.82, 2.24) is 15.0 Å². The number of aryl methyl sites for hydroxylation is 2. The lowest BCUT2D eigenvalue weighted by atomic mass is 9.80. The fraction of sp³-hybridized carbons (Fsp3) is 0.429. The van der Waals surface area contributed by atoms with Gasteiger partial charge in [-0.2, -0.15) is 0 Å². The first kappa shape index (κ1) is 14.7. The lowest BCUT2D eigenvalue weighted by molar-refractivity contribution is 0.542. The van der Waals surface area contributed by atoms with E-state index in [2.05, 4.69) is 73.4 Å². The molecule has 0 aliphatic rings. The quantitative estimate of drug-likeness (QED) is 0.737. The Bertz CT molecular complexity index is 530. The van der Waals surface area contributed by atoms with E-state index in [1.54, 1.807) is 4.68 Å². The van der Waals surface area contributed by atoms with Crippen LogP contribution < -0.4 is 0 Å². The van der Waals surface area contributed by atoms with E-state index in [1.807, 2.05) is 13.2 Å². The Balaban J connectivity index is 2.33. The summed E-state index contributed by atoms with van der Waals surface area (Å²) in [7, 11) is 1.90. The second-order valence-electron chi connectivity index (χ2n) is 4.97. The van der Waals surface area contributed by atoms with Gasteiger partial charge in [0, 0.05) is 35.7 Å². The van der Waals surface area contributed by atoms with Crippen LogP contribution in [0.5, 0.6) is 0 Å². The monoisotopic (exact) mass is 385 g/mol. The van der Waals surface area contributed by atoms with Crippen molar-refractivity contribution >= 4 is 31.9 Å². The first-order chi connectivity index (χ1) is 9.09. The molecule has 0 aliphatic heterocycles. The Morgan fingerprint density at radius 1 is 1.16 bits per heavy atom. The SMILES string of the molecule is Cc1ccc(C(CBr)(CBr)Cc2cn(C)nn2)cc1. The van der Waals surface area contributed by atoms with Gasteiger partial charge in [-0.1, -0.05) is 66.9 Å². The van der Waals surface area contributed by atoms with Crippen LogP contribution in [-0.2, 0) is 18.9 Å². The Kier molecular flexibility index (Phi) is 4.79. The molecule has 102 valence electrons. The Hall–Kier alpha value is -0.680. The standard InChI is InChI=1S/C14H17Br2N3/c1-11-3-5-12(6-4-11)14(9-15,10-16)7-13-8-19(2)18-17-13/h3-6,8H,7,9-10H2,1-2H3. The minimum absolute atomic E-state index is 0.00370. The highest BCUT2D eigenvalue weighted by Gasteiger charge is 2.31. The Morgan fingerprint density at radius 2 is 1.79 bits per heavy atom. The van der Waals surface area contributed by atoms with Crippen LogP contribution in [0.15, 0.2) is 30.5 Å². The van der Waals surface area contributed by atoms with Gasteiger partial charge in [0.25, 0.3) is 0 Å². The van der Waals surface area contributed by atoms with Gasteiger partial charge >= 0.3 is 0 Å². The van der Waals surface area contributed by atoms with Crippen LogP contribution in [-0.4, -0.2) is 25.7 Å². The van der Waals surface area contributed by atoms with E-state index in [1.165, 1.54) is 11.1 Å². The van der Waals surface area contributed by atoms with Crippen molar-refractivity contribution in [2.24, 2.45) is 7.05 Å². The second kappa shape index (κ2) is 6.18. The third kappa shape index (κ3) is 3.26. The van der Waals surface area contributed by atoms with Crippen molar-refractivity contribution in [2.45, 2.75) is 18.8 Å². The summed E-state index contributed by atoms with van der Waals surface area (Å²) in [5.74, 6) is 0. The Morgan fingerprint density at radius 3 is 2.26 bits per heavy atom. The van der Waals surface area contributed by atoms with Gasteiger partial charge in [-0.15, -0.1) is 5.10 Å². The smallest absolute Gasteiger partial charge is 0.0836 e. The van der Waals surface area contributed by atoms with Crippen molar-refractivity contribution in [3.8, 4) is 0 Å². The van der Waals surface area contributed by atoms with Crippen LogP contribution >= 0.6 is 31.9 Å². The average Bonchev–Trinajstić information content (AvgIpc) is 2.82. The van der Waals surface area contributed by atoms with Crippen LogP contribution in [0.2, 0.25) is 0 Å². The molecule has 0 saturated carbocycles. The molecule has 5 heteroatoms. The number of aromatic nitrogens is 3. The van der Waals surface area contributed by atoms with E-state index in [0.717, 1.165) is 22.8 Å². The summed E-state index contributed by atoms with van der Waals surface area (Å²) in [5, 5.41) is 9.98. The highest BCUT2D eigenvalue weighted by atomic mass is 79.9. The molecule has 0 amide bonds. The molecule has 0 saturated heterocycles. The van der Waals surface area contributed by atoms with Gasteiger partial charge in [0.2, 0.25) is 0 Å². The maximum absolute atomic E-state index is 4.21. The van der Waals surface area contributed by atoms with Gasteiger partial charge in [0.15, 0.2) is 0 Å². The van der Waals surface area contributed by atoms with E-state index in [4.69, 9.17) is 0 Å². The van der Waals surface area contributed by atoms with Gasteiger partial charge < -0.3 is 0 Å². The van der Waals surface area contributed by atoms with Crippen molar-refractivity contribution in [3.05, 3.63) is 47.3 Å². The number of hydrogen-bond donors (Lipinski definition) is 0. The predicted octanol–water partition coefficient (Wildman–Crippen LogP) is 3.39. The molecule has 0 atom stereocenters. The minimum atomic E-state index is 0.00370. The van der Waals surface area contributed by atoms with Crippen LogP contribution in [0.25, 0.3) is 0 Å². The number of alkyl halides is 2. The van der Waals surface area contributed by atoms with Crippen molar-refractivity contribution < 1.29 is 0 Å². The van der Waals surface area contributed by atoms with E-state index in [0.29, 0.717) is 0 Å². The third-order valence-corrected chi connectivity index (χ3v) is 5.49. The number of hydrogen-bond acceptors (Lipinski definition) is 2. The molecule has 0 fully saturated rings. The first-order valence-corrected chi connectivity index (χ1v) is 8.38. The molecule has 2 rings (SSSR count). The summed E-state index contributed by atoms with van der Waals surface area (Å²) < 4.78 is 1.75. The molecular formula is C14H17Br2N3. The lowest BCUT2D eigenvalue weighted by Gasteiger charge is -2.30. The van der Waals surface area contributed by atoms with Crippen molar-refractivity contribution in [3.63, 3.8) is 0 Å². The zero-order chi connectivity index (χ0) is 13.9. The highest BCUT2D eigenvalue weighted by Crippen LogP contribution is 2.32. The maximum Gasteiger partial charge on any atom is 0.0836 e. The van der Waals surface area contributed by atoms with E-state index in [-0.39, 0.29) is 5.41 Å². The minimum Gasteiger partial charge on any atom is -0.255 e. The number of halogens is 2. The largest absolute Gasteiger partial charge is 0.255 e. The number of benzene rings is 1. The van der Waals surface area contributed by atoms with E-state index < -0.39 is 0 Å².